The molecule has 3 aromatic rings. The van der Waals surface area contributed by atoms with E-state index in [1.807, 2.05) is 26.8 Å². The molecule has 1 fully saturated rings. The van der Waals surface area contributed by atoms with Gasteiger partial charge in [-0.1, -0.05) is 6.07 Å². The Morgan fingerprint density at radius 1 is 1.17 bits per heavy atom. The molecule has 1 aliphatic heterocycles. The van der Waals surface area contributed by atoms with Crippen molar-refractivity contribution in [1.29, 1.82) is 0 Å². The van der Waals surface area contributed by atoms with E-state index in [0.29, 0.717) is 23.4 Å². The Hall–Kier alpha value is -3.26. The van der Waals surface area contributed by atoms with E-state index in [-0.39, 0.29) is 17.6 Å². The maximum atomic E-state index is 15.1. The molecule has 1 saturated heterocycles. The van der Waals surface area contributed by atoms with Crippen LogP contribution >= 0.6 is 0 Å². The lowest BCUT2D eigenvalue weighted by molar-refractivity contribution is 0.255. The van der Waals surface area contributed by atoms with E-state index < -0.39 is 5.95 Å². The highest BCUT2D eigenvalue weighted by Gasteiger charge is 2.22. The Kier molecular flexibility index (Phi) is 7.50. The summed E-state index contributed by atoms with van der Waals surface area (Å²) in [4.78, 5) is 23.5. The topological polar surface area (TPSA) is 64.7 Å². The highest BCUT2D eigenvalue weighted by molar-refractivity contribution is 5.82. The minimum atomic E-state index is -0.599. The van der Waals surface area contributed by atoms with E-state index in [2.05, 4.69) is 21.6 Å². The van der Waals surface area contributed by atoms with Gasteiger partial charge in [-0.2, -0.15) is 9.37 Å². The zero-order chi connectivity index (χ0) is 25.1. The van der Waals surface area contributed by atoms with Gasteiger partial charge in [0.25, 0.3) is 0 Å². The first-order valence-corrected chi connectivity index (χ1v) is 12.2. The maximum absolute atomic E-state index is 15.1. The summed E-state index contributed by atoms with van der Waals surface area (Å²) in [6.45, 7) is 13.3. The van der Waals surface area contributed by atoms with E-state index in [1.54, 1.807) is 40.4 Å². The van der Waals surface area contributed by atoms with Gasteiger partial charge in [-0.3, -0.25) is 14.1 Å². The first-order chi connectivity index (χ1) is 16.8. The fraction of sp³-hybridized carbons (Fsp3) is 0.444. The average molecular weight is 480 g/mol. The summed E-state index contributed by atoms with van der Waals surface area (Å²) in [5, 5.41) is 0. The summed E-state index contributed by atoms with van der Waals surface area (Å²) in [6.07, 6.45) is 3.42. The second-order valence-corrected chi connectivity index (χ2v) is 9.37. The number of aliphatic imine (C=N–C) groups is 1. The highest BCUT2D eigenvalue weighted by atomic mass is 19.1. The molecule has 8 heteroatoms. The molecule has 4 rings (SSSR count). The fourth-order valence-electron chi connectivity index (χ4n) is 4.75. The monoisotopic (exact) mass is 479 g/mol. The van der Waals surface area contributed by atoms with Crippen LogP contribution in [0.25, 0.3) is 22.4 Å². The van der Waals surface area contributed by atoms with E-state index in [0.717, 1.165) is 43.0 Å². The number of hydrogen-bond donors (Lipinski definition) is 0. The van der Waals surface area contributed by atoms with E-state index >= 15 is 4.39 Å². The molecule has 3 heterocycles. The second-order valence-electron chi connectivity index (χ2n) is 9.37. The van der Waals surface area contributed by atoms with Crippen LogP contribution in [-0.4, -0.2) is 52.0 Å². The van der Waals surface area contributed by atoms with Crippen molar-refractivity contribution in [2.75, 3.05) is 26.2 Å². The van der Waals surface area contributed by atoms with Crippen molar-refractivity contribution >= 4 is 12.4 Å². The number of ether oxygens (including phenoxy) is 1. The van der Waals surface area contributed by atoms with Gasteiger partial charge in [0.2, 0.25) is 11.8 Å². The first kappa shape index (κ1) is 24.9. The molecule has 1 aromatic carbocycles. The van der Waals surface area contributed by atoms with Gasteiger partial charge < -0.3 is 9.64 Å². The third kappa shape index (κ3) is 5.07. The first-order valence-electron chi connectivity index (χ1n) is 12.2. The summed E-state index contributed by atoms with van der Waals surface area (Å²) in [5.74, 6) is -0.317. The van der Waals surface area contributed by atoms with Gasteiger partial charge in [0.05, 0.1) is 18.0 Å². The summed E-state index contributed by atoms with van der Waals surface area (Å²) in [7, 11) is 1.75. The van der Waals surface area contributed by atoms with Gasteiger partial charge in [-0.25, -0.2) is 4.79 Å². The van der Waals surface area contributed by atoms with Crippen molar-refractivity contribution in [3.05, 3.63) is 52.5 Å². The standard InChI is InChI=1S/C27H34FN5O2/c1-18(2)33-25(19(3)31(5)27(33)34)22-17-20(9-11-23(22)29-4)21-10-12-24(30-26(21)28)35-16-8-15-32-13-6-7-14-32/h9-12,17-18H,4,6-8,13-16H2,1-3,5H3. The molecule has 1 aliphatic rings. The predicted octanol–water partition coefficient (Wildman–Crippen LogP) is 5.14. The molecule has 0 spiro atoms. The lowest BCUT2D eigenvalue weighted by Crippen LogP contribution is -2.24. The van der Waals surface area contributed by atoms with Crippen molar-refractivity contribution in [2.45, 2.75) is 46.1 Å². The van der Waals surface area contributed by atoms with Crippen LogP contribution in [0.2, 0.25) is 0 Å². The Balaban J connectivity index is 1.61. The van der Waals surface area contributed by atoms with Crippen molar-refractivity contribution in [3.8, 4) is 28.3 Å². The Morgan fingerprint density at radius 2 is 1.91 bits per heavy atom. The lowest BCUT2D eigenvalue weighted by atomic mass is 10.00. The Labute approximate surface area is 205 Å². The van der Waals surface area contributed by atoms with Crippen molar-refractivity contribution in [2.24, 2.45) is 12.0 Å². The molecular weight excluding hydrogens is 445 g/mol. The molecule has 186 valence electrons. The van der Waals surface area contributed by atoms with Crippen LogP contribution in [0.5, 0.6) is 5.88 Å². The van der Waals surface area contributed by atoms with E-state index in [1.165, 1.54) is 12.8 Å². The Morgan fingerprint density at radius 3 is 2.57 bits per heavy atom. The molecule has 35 heavy (non-hydrogen) atoms. The summed E-state index contributed by atoms with van der Waals surface area (Å²) in [6, 6.07) is 8.76. The van der Waals surface area contributed by atoms with Gasteiger partial charge >= 0.3 is 5.69 Å². The summed E-state index contributed by atoms with van der Waals surface area (Å²) in [5.41, 5.74) is 3.81. The van der Waals surface area contributed by atoms with Gasteiger partial charge in [0.15, 0.2) is 0 Å². The number of nitrogens with zero attached hydrogens (tertiary/aromatic N) is 5. The van der Waals surface area contributed by atoms with Gasteiger partial charge in [-0.05, 0) is 83.6 Å². The highest BCUT2D eigenvalue weighted by Crippen LogP contribution is 2.37. The number of likely N-dealkylation sites (tertiary alicyclic amines) is 1. The molecule has 0 atom stereocenters. The summed E-state index contributed by atoms with van der Waals surface area (Å²) >= 11 is 0. The minimum absolute atomic E-state index is 0.0565. The van der Waals surface area contributed by atoms with Crippen LogP contribution in [0.1, 0.15) is 44.8 Å². The maximum Gasteiger partial charge on any atom is 0.328 e. The zero-order valence-electron chi connectivity index (χ0n) is 21.1. The van der Waals surface area contributed by atoms with Crippen molar-refractivity contribution in [1.82, 2.24) is 19.0 Å². The summed E-state index contributed by atoms with van der Waals surface area (Å²) < 4.78 is 24.1. The molecule has 2 aromatic heterocycles. The van der Waals surface area contributed by atoms with Crippen molar-refractivity contribution < 1.29 is 9.13 Å². The number of rotatable bonds is 9. The average Bonchev–Trinajstić information content (AvgIpc) is 3.44. The van der Waals surface area contributed by atoms with Crippen LogP contribution in [0.15, 0.2) is 40.1 Å². The number of aromatic nitrogens is 3. The number of benzene rings is 1. The quantitative estimate of drug-likeness (QED) is 0.242. The van der Waals surface area contributed by atoms with Gasteiger partial charge in [-0.15, -0.1) is 0 Å². The molecule has 7 nitrogen and oxygen atoms in total. The lowest BCUT2D eigenvalue weighted by Gasteiger charge is -2.15. The number of imidazole rings is 1. The van der Waals surface area contributed by atoms with Crippen LogP contribution in [-0.2, 0) is 7.05 Å². The number of halogens is 1. The largest absolute Gasteiger partial charge is 0.478 e. The molecule has 0 N–H and O–H groups in total. The number of hydrogen-bond acceptors (Lipinski definition) is 5. The van der Waals surface area contributed by atoms with Crippen molar-refractivity contribution in [3.63, 3.8) is 0 Å². The van der Waals surface area contributed by atoms with Gasteiger partial charge in [0.1, 0.15) is 0 Å². The molecule has 0 amide bonds. The fourth-order valence-corrected chi connectivity index (χ4v) is 4.75. The molecule has 0 radical (unpaired) electrons. The SMILES string of the molecule is C=Nc1ccc(-c2ccc(OCCCN3CCCC3)nc2F)cc1-c1c(C)n(C)c(=O)n1C(C)C. The van der Waals surface area contributed by atoms with Gasteiger partial charge in [0, 0.05) is 42.5 Å². The van der Waals surface area contributed by atoms with Crippen LogP contribution in [0, 0.1) is 12.9 Å². The minimum Gasteiger partial charge on any atom is -0.478 e. The Bertz CT molecular complexity index is 1270. The van der Waals surface area contributed by atoms with Crippen LogP contribution in [0.4, 0.5) is 10.1 Å². The third-order valence-electron chi connectivity index (χ3n) is 6.72. The molecule has 0 aliphatic carbocycles. The third-order valence-corrected chi connectivity index (χ3v) is 6.72. The normalized spacial score (nSPS) is 14.1. The molecular formula is C27H34FN5O2. The molecule has 0 saturated carbocycles. The molecule has 0 unspecified atom stereocenters. The predicted molar refractivity (Wildman–Crippen MR) is 138 cm³/mol. The zero-order valence-corrected chi connectivity index (χ0v) is 21.1. The smallest absolute Gasteiger partial charge is 0.328 e. The van der Waals surface area contributed by atoms with E-state index in [4.69, 9.17) is 4.74 Å². The van der Waals surface area contributed by atoms with Crippen LogP contribution < -0.4 is 10.4 Å². The van der Waals surface area contributed by atoms with Crippen LogP contribution in [0.3, 0.4) is 0 Å². The molecule has 0 bridgehead atoms. The second kappa shape index (κ2) is 10.6. The van der Waals surface area contributed by atoms with E-state index in [9.17, 15) is 4.79 Å². The number of pyridine rings is 1.